The van der Waals surface area contributed by atoms with Crippen LogP contribution >= 0.6 is 11.3 Å². The number of carbonyl (C=O) groups excluding carboxylic acids is 1. The van der Waals surface area contributed by atoms with Gasteiger partial charge in [0.2, 0.25) is 0 Å². The zero-order chi connectivity index (χ0) is 25.5. The molecule has 1 atom stereocenters. The Morgan fingerprint density at radius 1 is 1.08 bits per heavy atom. The van der Waals surface area contributed by atoms with E-state index in [-0.39, 0.29) is 5.91 Å². The standard InChI is InChI=1S/C29H32N6OS/c1-2-27-32-16-24(17-33-27)29(36)34-15-21-8-10-22(11-9-21)19-35(14-12-25-18-30-20-37-25)26-7-3-5-23-6-4-13-31-28(23)26/h4,6,8-11,13,16-18,20,26H,2-3,5,7,12,14-15,19H2,1H3,(H,34,36). The van der Waals surface area contributed by atoms with Crippen LogP contribution in [0.4, 0.5) is 0 Å². The summed E-state index contributed by atoms with van der Waals surface area (Å²) in [7, 11) is 0. The van der Waals surface area contributed by atoms with E-state index in [9.17, 15) is 4.79 Å². The van der Waals surface area contributed by atoms with Crippen LogP contribution in [0.1, 0.15) is 69.3 Å². The van der Waals surface area contributed by atoms with Crippen LogP contribution in [0.5, 0.6) is 0 Å². The van der Waals surface area contributed by atoms with Crippen molar-refractivity contribution >= 4 is 17.2 Å². The van der Waals surface area contributed by atoms with Crippen molar-refractivity contribution in [3.05, 3.63) is 105 Å². The number of carbonyl (C=O) groups is 1. The number of hydrogen-bond donors (Lipinski definition) is 1. The van der Waals surface area contributed by atoms with E-state index in [0.29, 0.717) is 18.2 Å². The zero-order valence-corrected chi connectivity index (χ0v) is 22.0. The van der Waals surface area contributed by atoms with Gasteiger partial charge in [-0.15, -0.1) is 11.3 Å². The highest BCUT2D eigenvalue weighted by molar-refractivity contribution is 7.09. The molecule has 0 bridgehead atoms. The molecule has 3 heterocycles. The zero-order valence-electron chi connectivity index (χ0n) is 21.1. The summed E-state index contributed by atoms with van der Waals surface area (Å²) < 4.78 is 0. The van der Waals surface area contributed by atoms with Gasteiger partial charge in [0.1, 0.15) is 5.82 Å². The minimum atomic E-state index is -0.163. The largest absolute Gasteiger partial charge is 0.348 e. The molecule has 0 saturated carbocycles. The smallest absolute Gasteiger partial charge is 0.254 e. The van der Waals surface area contributed by atoms with Gasteiger partial charge in [-0.05, 0) is 48.4 Å². The Hall–Kier alpha value is -3.49. The number of aryl methyl sites for hydroxylation is 2. The first-order chi connectivity index (χ1) is 18.2. The van der Waals surface area contributed by atoms with Gasteiger partial charge in [0.05, 0.1) is 22.8 Å². The van der Waals surface area contributed by atoms with Gasteiger partial charge in [-0.3, -0.25) is 19.7 Å². The van der Waals surface area contributed by atoms with E-state index in [1.165, 1.54) is 28.1 Å². The summed E-state index contributed by atoms with van der Waals surface area (Å²) in [6, 6.07) is 13.1. The van der Waals surface area contributed by atoms with E-state index >= 15 is 0 Å². The molecular weight excluding hydrogens is 480 g/mol. The second kappa shape index (κ2) is 12.2. The Morgan fingerprint density at radius 2 is 1.89 bits per heavy atom. The van der Waals surface area contributed by atoms with Crippen LogP contribution in [0.2, 0.25) is 0 Å². The first kappa shape index (κ1) is 25.2. The fourth-order valence-electron chi connectivity index (χ4n) is 4.84. The maximum Gasteiger partial charge on any atom is 0.254 e. The molecule has 8 heteroatoms. The third-order valence-corrected chi connectivity index (χ3v) is 7.72. The van der Waals surface area contributed by atoms with Gasteiger partial charge in [0.25, 0.3) is 5.91 Å². The maximum absolute atomic E-state index is 12.5. The minimum absolute atomic E-state index is 0.163. The van der Waals surface area contributed by atoms with Crippen LogP contribution in [-0.4, -0.2) is 37.3 Å². The third-order valence-electron chi connectivity index (χ3n) is 6.88. The van der Waals surface area contributed by atoms with Crippen molar-refractivity contribution in [2.24, 2.45) is 0 Å². The monoisotopic (exact) mass is 512 g/mol. The lowest BCUT2D eigenvalue weighted by Gasteiger charge is -2.35. The van der Waals surface area contributed by atoms with Crippen LogP contribution in [0.15, 0.2) is 66.7 Å². The molecule has 7 nitrogen and oxygen atoms in total. The number of amides is 1. The number of rotatable bonds is 10. The molecular formula is C29H32N6OS. The normalized spacial score (nSPS) is 14.9. The van der Waals surface area contributed by atoms with E-state index in [1.807, 2.05) is 30.9 Å². The van der Waals surface area contributed by atoms with Crippen LogP contribution in [-0.2, 0) is 32.4 Å². The van der Waals surface area contributed by atoms with Crippen molar-refractivity contribution < 1.29 is 4.79 Å². The van der Waals surface area contributed by atoms with Crippen molar-refractivity contribution in [2.75, 3.05) is 6.54 Å². The lowest BCUT2D eigenvalue weighted by Crippen LogP contribution is -2.33. The van der Waals surface area contributed by atoms with Gasteiger partial charge in [0.15, 0.2) is 0 Å². The number of nitrogens with one attached hydrogen (secondary N) is 1. The molecule has 37 heavy (non-hydrogen) atoms. The van der Waals surface area contributed by atoms with Crippen molar-refractivity contribution in [3.8, 4) is 0 Å². The lowest BCUT2D eigenvalue weighted by atomic mass is 9.90. The highest BCUT2D eigenvalue weighted by Gasteiger charge is 2.27. The van der Waals surface area contributed by atoms with E-state index in [0.717, 1.165) is 50.2 Å². The van der Waals surface area contributed by atoms with Gasteiger partial charge in [-0.2, -0.15) is 0 Å². The van der Waals surface area contributed by atoms with E-state index in [1.54, 1.807) is 23.7 Å². The molecule has 3 aromatic heterocycles. The van der Waals surface area contributed by atoms with E-state index < -0.39 is 0 Å². The average Bonchev–Trinajstić information content (AvgIpc) is 3.48. The summed E-state index contributed by atoms with van der Waals surface area (Å²) in [5, 5.41) is 2.97. The molecule has 1 N–H and O–H groups in total. The summed E-state index contributed by atoms with van der Waals surface area (Å²) in [4.78, 5) is 33.8. The van der Waals surface area contributed by atoms with Crippen molar-refractivity contribution in [1.29, 1.82) is 0 Å². The third kappa shape index (κ3) is 6.45. The van der Waals surface area contributed by atoms with Crippen LogP contribution in [0, 0.1) is 0 Å². The van der Waals surface area contributed by atoms with E-state index in [4.69, 9.17) is 4.98 Å². The number of thiazole rings is 1. The van der Waals surface area contributed by atoms with Crippen molar-refractivity contribution in [3.63, 3.8) is 0 Å². The predicted octanol–water partition coefficient (Wildman–Crippen LogP) is 4.94. The fraction of sp³-hybridized carbons (Fsp3) is 0.345. The number of nitrogens with zero attached hydrogens (tertiary/aromatic N) is 5. The Balaban J connectivity index is 1.24. The Morgan fingerprint density at radius 3 is 2.65 bits per heavy atom. The number of aromatic nitrogens is 4. The molecule has 1 amide bonds. The van der Waals surface area contributed by atoms with Crippen molar-refractivity contribution in [1.82, 2.24) is 30.2 Å². The molecule has 1 unspecified atom stereocenters. The first-order valence-electron chi connectivity index (χ1n) is 12.9. The average molecular weight is 513 g/mol. The number of benzene rings is 1. The summed E-state index contributed by atoms with van der Waals surface area (Å²) >= 11 is 1.72. The van der Waals surface area contributed by atoms with Crippen molar-refractivity contribution in [2.45, 2.75) is 58.2 Å². The molecule has 5 rings (SSSR count). The van der Waals surface area contributed by atoms with E-state index in [2.05, 4.69) is 55.5 Å². The van der Waals surface area contributed by atoms with Crippen LogP contribution in [0.25, 0.3) is 0 Å². The lowest BCUT2D eigenvalue weighted by molar-refractivity contribution is 0.0950. The molecule has 0 aliphatic heterocycles. The second-order valence-corrected chi connectivity index (χ2v) is 10.4. The fourth-order valence-corrected chi connectivity index (χ4v) is 5.43. The number of fused-ring (bicyclic) bond motifs is 1. The molecule has 1 aromatic carbocycles. The molecule has 0 spiro atoms. The molecule has 0 fully saturated rings. The topological polar surface area (TPSA) is 83.9 Å². The predicted molar refractivity (Wildman–Crippen MR) is 145 cm³/mol. The molecule has 4 aromatic rings. The van der Waals surface area contributed by atoms with Gasteiger partial charge in [-0.1, -0.05) is 37.3 Å². The molecule has 190 valence electrons. The van der Waals surface area contributed by atoms with Gasteiger partial charge < -0.3 is 5.32 Å². The Bertz CT molecular complexity index is 1290. The highest BCUT2D eigenvalue weighted by atomic mass is 32.1. The molecule has 1 aliphatic rings. The SMILES string of the molecule is CCc1ncc(C(=O)NCc2ccc(CN(CCc3cncs3)C3CCCc4cccnc43)cc2)cn1. The molecule has 0 saturated heterocycles. The minimum Gasteiger partial charge on any atom is -0.348 e. The quantitative estimate of drug-likeness (QED) is 0.324. The Kier molecular flexibility index (Phi) is 8.28. The first-order valence-corrected chi connectivity index (χ1v) is 13.8. The van der Waals surface area contributed by atoms with Gasteiger partial charge in [-0.25, -0.2) is 9.97 Å². The second-order valence-electron chi connectivity index (χ2n) is 9.38. The molecule has 0 radical (unpaired) electrons. The summed E-state index contributed by atoms with van der Waals surface area (Å²) in [5.74, 6) is 0.574. The number of hydrogen-bond acceptors (Lipinski definition) is 7. The highest BCUT2D eigenvalue weighted by Crippen LogP contribution is 2.34. The number of pyridine rings is 1. The van der Waals surface area contributed by atoms with Crippen LogP contribution in [0.3, 0.4) is 0 Å². The summed E-state index contributed by atoms with van der Waals surface area (Å²) in [6.07, 6.45) is 12.2. The Labute approximate surface area is 222 Å². The molecule has 1 aliphatic carbocycles. The van der Waals surface area contributed by atoms with Gasteiger partial charge in [0, 0.05) is 55.7 Å². The summed E-state index contributed by atoms with van der Waals surface area (Å²) in [6.45, 7) is 4.26. The summed E-state index contributed by atoms with van der Waals surface area (Å²) in [5.41, 5.74) is 7.31. The maximum atomic E-state index is 12.5. The van der Waals surface area contributed by atoms with Crippen LogP contribution < -0.4 is 5.32 Å². The van der Waals surface area contributed by atoms with Gasteiger partial charge >= 0.3 is 0 Å².